The van der Waals surface area contributed by atoms with Gasteiger partial charge in [-0.05, 0) is 32.9 Å². The van der Waals surface area contributed by atoms with E-state index in [0.717, 1.165) is 15.9 Å². The number of carbonyl (C=O) groups is 2. The number of aryl methyl sites for hydroxylation is 1. The highest BCUT2D eigenvalue weighted by atomic mass is 16.6. The van der Waals surface area contributed by atoms with E-state index in [1.807, 2.05) is 31.2 Å². The fraction of sp³-hybridized carbons (Fsp3) is 0.333. The van der Waals surface area contributed by atoms with Crippen LogP contribution in [0.4, 0.5) is 4.79 Å². The van der Waals surface area contributed by atoms with Crippen molar-refractivity contribution in [2.75, 3.05) is 0 Å². The molecule has 0 N–H and O–H groups in total. The Morgan fingerprint density at radius 3 is 2.33 bits per heavy atom. The molecule has 1 aliphatic heterocycles. The lowest BCUT2D eigenvalue weighted by Gasteiger charge is -2.14. The highest BCUT2D eigenvalue weighted by molar-refractivity contribution is 6.02. The molecular formula is C15H15N3O3. The number of benzene rings is 1. The van der Waals surface area contributed by atoms with Crippen molar-refractivity contribution >= 4 is 23.0 Å². The van der Waals surface area contributed by atoms with Gasteiger partial charge >= 0.3 is 6.09 Å². The zero-order chi connectivity index (χ0) is 15.2. The van der Waals surface area contributed by atoms with Gasteiger partial charge in [0.15, 0.2) is 5.60 Å². The van der Waals surface area contributed by atoms with Crippen LogP contribution in [-0.2, 0) is 16.1 Å². The van der Waals surface area contributed by atoms with E-state index in [1.54, 1.807) is 13.8 Å². The van der Waals surface area contributed by atoms with Gasteiger partial charge in [-0.15, -0.1) is 0 Å². The molecule has 0 aliphatic carbocycles. The summed E-state index contributed by atoms with van der Waals surface area (Å²) in [5.74, 6) is -0.359. The van der Waals surface area contributed by atoms with Crippen molar-refractivity contribution in [2.45, 2.75) is 32.9 Å². The standard InChI is InChI=1S/C15H15N3O3/c1-9-12(17-11-7-5-4-6-10(11)16-9)8-18-13(19)15(2,3)21-14(18)20/h4-7H,8H2,1-3H3. The van der Waals surface area contributed by atoms with Crippen LogP contribution in [0.15, 0.2) is 24.3 Å². The van der Waals surface area contributed by atoms with E-state index in [9.17, 15) is 9.59 Å². The molecule has 1 saturated heterocycles. The molecule has 1 aromatic carbocycles. The van der Waals surface area contributed by atoms with Gasteiger partial charge in [0.05, 0.1) is 29.0 Å². The first kappa shape index (κ1) is 13.5. The largest absolute Gasteiger partial charge is 0.433 e. The van der Waals surface area contributed by atoms with Crippen molar-refractivity contribution in [3.05, 3.63) is 35.7 Å². The summed E-state index contributed by atoms with van der Waals surface area (Å²) in [6.45, 7) is 5.04. The first-order chi connectivity index (χ1) is 9.88. The number of carbonyl (C=O) groups excluding carboxylic acids is 2. The number of para-hydroxylation sites is 2. The highest BCUT2D eigenvalue weighted by Gasteiger charge is 2.47. The second kappa shape index (κ2) is 4.51. The minimum absolute atomic E-state index is 0.0742. The van der Waals surface area contributed by atoms with Gasteiger partial charge in [0, 0.05) is 0 Å². The van der Waals surface area contributed by atoms with Crippen molar-refractivity contribution < 1.29 is 14.3 Å². The van der Waals surface area contributed by atoms with Crippen molar-refractivity contribution in [3.63, 3.8) is 0 Å². The van der Waals surface area contributed by atoms with Crippen LogP contribution in [-0.4, -0.2) is 32.5 Å². The summed E-state index contributed by atoms with van der Waals surface area (Å²) >= 11 is 0. The smallest absolute Gasteiger partial charge is 0.418 e. The molecule has 1 aromatic heterocycles. The number of imide groups is 1. The van der Waals surface area contributed by atoms with Gasteiger partial charge in [0.1, 0.15) is 0 Å². The molecule has 3 rings (SSSR count). The molecule has 0 radical (unpaired) electrons. The third-order valence-electron chi connectivity index (χ3n) is 3.47. The molecule has 2 aromatic rings. The van der Waals surface area contributed by atoms with E-state index in [2.05, 4.69) is 9.97 Å². The lowest BCUT2D eigenvalue weighted by molar-refractivity contribution is -0.134. The van der Waals surface area contributed by atoms with Gasteiger partial charge in [-0.3, -0.25) is 4.79 Å². The molecule has 6 heteroatoms. The predicted molar refractivity (Wildman–Crippen MR) is 75.4 cm³/mol. The van der Waals surface area contributed by atoms with E-state index < -0.39 is 11.7 Å². The van der Waals surface area contributed by atoms with Crippen LogP contribution in [0.3, 0.4) is 0 Å². The second-order valence-corrected chi connectivity index (χ2v) is 5.51. The zero-order valence-electron chi connectivity index (χ0n) is 12.1. The van der Waals surface area contributed by atoms with Crippen molar-refractivity contribution in [2.24, 2.45) is 0 Å². The number of hydrogen-bond acceptors (Lipinski definition) is 5. The van der Waals surface area contributed by atoms with Crippen LogP contribution in [0.2, 0.25) is 0 Å². The maximum Gasteiger partial charge on any atom is 0.418 e. The molecule has 21 heavy (non-hydrogen) atoms. The fourth-order valence-corrected chi connectivity index (χ4v) is 2.29. The van der Waals surface area contributed by atoms with Crippen molar-refractivity contribution in [3.8, 4) is 0 Å². The molecular weight excluding hydrogens is 270 g/mol. The van der Waals surface area contributed by atoms with E-state index in [4.69, 9.17) is 4.74 Å². The van der Waals surface area contributed by atoms with Crippen LogP contribution < -0.4 is 0 Å². The normalized spacial score (nSPS) is 17.4. The van der Waals surface area contributed by atoms with E-state index in [0.29, 0.717) is 11.4 Å². The van der Waals surface area contributed by atoms with Crippen LogP contribution in [0.25, 0.3) is 11.0 Å². The Hall–Kier alpha value is -2.50. The Morgan fingerprint density at radius 1 is 1.14 bits per heavy atom. The number of ether oxygens (including phenoxy) is 1. The van der Waals surface area contributed by atoms with Crippen molar-refractivity contribution in [1.29, 1.82) is 0 Å². The quantitative estimate of drug-likeness (QED) is 0.845. The Bertz CT molecular complexity index is 755. The number of hydrogen-bond donors (Lipinski definition) is 0. The molecule has 0 atom stereocenters. The molecule has 0 spiro atoms. The molecule has 1 aliphatic rings. The molecule has 2 amide bonds. The van der Waals surface area contributed by atoms with Gasteiger partial charge in [-0.1, -0.05) is 12.1 Å². The van der Waals surface area contributed by atoms with E-state index in [-0.39, 0.29) is 12.5 Å². The average molecular weight is 285 g/mol. The van der Waals surface area contributed by atoms with Crippen LogP contribution >= 0.6 is 0 Å². The number of cyclic esters (lactones) is 1. The Kier molecular flexibility index (Phi) is 2.90. The van der Waals surface area contributed by atoms with Crippen LogP contribution in [0, 0.1) is 6.92 Å². The van der Waals surface area contributed by atoms with Crippen LogP contribution in [0.1, 0.15) is 25.2 Å². The number of fused-ring (bicyclic) bond motifs is 1. The molecule has 0 unspecified atom stereocenters. The zero-order valence-corrected chi connectivity index (χ0v) is 12.1. The van der Waals surface area contributed by atoms with Crippen molar-refractivity contribution in [1.82, 2.24) is 14.9 Å². The average Bonchev–Trinajstić information content (AvgIpc) is 2.61. The molecule has 6 nitrogen and oxygen atoms in total. The van der Waals surface area contributed by atoms with Gasteiger partial charge in [-0.25, -0.2) is 19.7 Å². The molecule has 108 valence electrons. The molecule has 2 heterocycles. The summed E-state index contributed by atoms with van der Waals surface area (Å²) in [5.41, 5.74) is 1.69. The number of amides is 2. The predicted octanol–water partition coefficient (Wildman–Crippen LogP) is 2.20. The Morgan fingerprint density at radius 2 is 1.76 bits per heavy atom. The summed E-state index contributed by atoms with van der Waals surface area (Å²) in [4.78, 5) is 34.0. The summed E-state index contributed by atoms with van der Waals surface area (Å²) in [5, 5.41) is 0. The minimum atomic E-state index is -1.12. The van der Waals surface area contributed by atoms with Crippen LogP contribution in [0.5, 0.6) is 0 Å². The maximum absolute atomic E-state index is 12.1. The minimum Gasteiger partial charge on any atom is -0.433 e. The summed E-state index contributed by atoms with van der Waals surface area (Å²) in [6.07, 6.45) is -0.639. The molecule has 1 fully saturated rings. The lowest BCUT2D eigenvalue weighted by Crippen LogP contribution is -2.36. The second-order valence-electron chi connectivity index (χ2n) is 5.51. The Labute approximate surface area is 121 Å². The van der Waals surface area contributed by atoms with Gasteiger partial charge in [0.25, 0.3) is 5.91 Å². The van der Waals surface area contributed by atoms with Gasteiger partial charge < -0.3 is 4.74 Å². The number of rotatable bonds is 2. The summed E-state index contributed by atoms with van der Waals surface area (Å²) in [6, 6.07) is 7.48. The third kappa shape index (κ3) is 2.22. The third-order valence-corrected chi connectivity index (χ3v) is 3.47. The van der Waals surface area contributed by atoms with E-state index >= 15 is 0 Å². The fourth-order valence-electron chi connectivity index (χ4n) is 2.29. The summed E-state index contributed by atoms with van der Waals surface area (Å²) in [7, 11) is 0. The Balaban J connectivity index is 1.97. The first-order valence-corrected chi connectivity index (χ1v) is 6.66. The lowest BCUT2D eigenvalue weighted by atomic mass is 10.1. The number of aromatic nitrogens is 2. The molecule has 0 saturated carbocycles. The summed E-state index contributed by atoms with van der Waals surface area (Å²) < 4.78 is 5.06. The first-order valence-electron chi connectivity index (χ1n) is 6.66. The maximum atomic E-state index is 12.1. The highest BCUT2D eigenvalue weighted by Crippen LogP contribution is 2.25. The van der Waals surface area contributed by atoms with Gasteiger partial charge in [0.2, 0.25) is 0 Å². The van der Waals surface area contributed by atoms with E-state index in [1.165, 1.54) is 0 Å². The molecule has 0 bridgehead atoms. The SMILES string of the molecule is Cc1nc2ccccc2nc1CN1C(=O)OC(C)(C)C1=O. The topological polar surface area (TPSA) is 72.4 Å². The van der Waals surface area contributed by atoms with Gasteiger partial charge in [-0.2, -0.15) is 0 Å². The monoisotopic (exact) mass is 285 g/mol. The number of nitrogens with zero attached hydrogens (tertiary/aromatic N) is 3.